The summed E-state index contributed by atoms with van der Waals surface area (Å²) in [7, 11) is 1.62. The first kappa shape index (κ1) is 15.0. The van der Waals surface area contributed by atoms with Crippen molar-refractivity contribution in [1.29, 1.82) is 0 Å². The molecular formula is C14H18ClN3O2. The Morgan fingerprint density at radius 1 is 1.40 bits per heavy atom. The van der Waals surface area contributed by atoms with Crippen LogP contribution in [-0.2, 0) is 11.3 Å². The molecule has 2 rings (SSSR count). The number of nitrogens with zero attached hydrogens (tertiary/aromatic N) is 3. The molecule has 0 saturated heterocycles. The van der Waals surface area contributed by atoms with Gasteiger partial charge in [0, 0.05) is 13.3 Å². The fraction of sp³-hybridized carbons (Fsp3) is 0.429. The lowest BCUT2D eigenvalue weighted by atomic mass is 10.1. The number of hydrogen-bond acceptors (Lipinski definition) is 4. The van der Waals surface area contributed by atoms with Gasteiger partial charge in [0.15, 0.2) is 0 Å². The molecule has 0 fully saturated rings. The van der Waals surface area contributed by atoms with Crippen molar-refractivity contribution < 1.29 is 9.84 Å². The van der Waals surface area contributed by atoms with E-state index in [1.165, 1.54) is 6.20 Å². The second-order valence-electron chi connectivity index (χ2n) is 4.71. The Balaban J connectivity index is 2.37. The lowest BCUT2D eigenvalue weighted by Gasteiger charge is -2.15. The van der Waals surface area contributed by atoms with Crippen LogP contribution in [0.3, 0.4) is 0 Å². The van der Waals surface area contributed by atoms with Gasteiger partial charge in [0.05, 0.1) is 35.8 Å². The molecule has 0 aliphatic carbocycles. The molecule has 1 unspecified atom stereocenters. The highest BCUT2D eigenvalue weighted by Crippen LogP contribution is 2.28. The van der Waals surface area contributed by atoms with Crippen LogP contribution < -0.4 is 0 Å². The van der Waals surface area contributed by atoms with Crippen molar-refractivity contribution in [3.63, 3.8) is 0 Å². The summed E-state index contributed by atoms with van der Waals surface area (Å²) < 4.78 is 6.68. The zero-order valence-electron chi connectivity index (χ0n) is 11.8. The minimum Gasteiger partial charge on any atom is -0.383 e. The van der Waals surface area contributed by atoms with Crippen molar-refractivity contribution in [1.82, 2.24) is 14.8 Å². The average molecular weight is 296 g/mol. The average Bonchev–Trinajstić information content (AvgIpc) is 2.77. The van der Waals surface area contributed by atoms with Crippen molar-refractivity contribution in [3.8, 4) is 0 Å². The topological polar surface area (TPSA) is 60.2 Å². The molecule has 5 nitrogen and oxygen atoms in total. The number of aryl methyl sites for hydroxylation is 2. The summed E-state index contributed by atoms with van der Waals surface area (Å²) in [4.78, 5) is 4.32. The molecule has 0 aromatic carbocycles. The summed E-state index contributed by atoms with van der Waals surface area (Å²) >= 11 is 6.14. The van der Waals surface area contributed by atoms with Crippen molar-refractivity contribution in [2.24, 2.45) is 0 Å². The van der Waals surface area contributed by atoms with E-state index in [0.717, 1.165) is 11.1 Å². The van der Waals surface area contributed by atoms with E-state index in [0.29, 0.717) is 29.6 Å². The fourth-order valence-electron chi connectivity index (χ4n) is 2.14. The maximum absolute atomic E-state index is 10.6. The van der Waals surface area contributed by atoms with E-state index >= 15 is 0 Å². The maximum Gasteiger partial charge on any atom is 0.139 e. The Kier molecular flexibility index (Phi) is 4.75. The number of ether oxygens (including phenoxy) is 1. The Bertz CT molecular complexity index is 598. The first-order valence-corrected chi connectivity index (χ1v) is 6.73. The van der Waals surface area contributed by atoms with Crippen molar-refractivity contribution in [2.45, 2.75) is 26.5 Å². The monoisotopic (exact) mass is 295 g/mol. The molecule has 0 radical (unpaired) electrons. The van der Waals surface area contributed by atoms with Gasteiger partial charge in [0.25, 0.3) is 0 Å². The Morgan fingerprint density at radius 3 is 2.80 bits per heavy atom. The molecule has 2 aromatic heterocycles. The third-order valence-electron chi connectivity index (χ3n) is 3.11. The third-order valence-corrected chi connectivity index (χ3v) is 3.41. The molecule has 20 heavy (non-hydrogen) atoms. The number of aliphatic hydroxyl groups excluding tert-OH is 1. The molecule has 1 N–H and O–H groups in total. The fourth-order valence-corrected chi connectivity index (χ4v) is 2.39. The summed E-state index contributed by atoms with van der Waals surface area (Å²) in [6.07, 6.45) is 2.36. The number of rotatable bonds is 5. The molecular weight excluding hydrogens is 278 g/mol. The van der Waals surface area contributed by atoms with Gasteiger partial charge in [0.1, 0.15) is 6.10 Å². The summed E-state index contributed by atoms with van der Waals surface area (Å²) in [5.41, 5.74) is 3.12. The molecule has 0 saturated carbocycles. The van der Waals surface area contributed by atoms with E-state index in [2.05, 4.69) is 10.1 Å². The van der Waals surface area contributed by atoms with Gasteiger partial charge in [-0.1, -0.05) is 17.7 Å². The highest BCUT2D eigenvalue weighted by molar-refractivity contribution is 6.31. The predicted molar refractivity (Wildman–Crippen MR) is 76.9 cm³/mol. The van der Waals surface area contributed by atoms with E-state index in [9.17, 15) is 5.11 Å². The van der Waals surface area contributed by atoms with Gasteiger partial charge in [-0.05, 0) is 25.0 Å². The van der Waals surface area contributed by atoms with Crippen LogP contribution in [0.2, 0.25) is 5.02 Å². The zero-order chi connectivity index (χ0) is 14.7. The summed E-state index contributed by atoms with van der Waals surface area (Å²) in [6, 6.07) is 1.98. The highest BCUT2D eigenvalue weighted by Gasteiger charge is 2.22. The molecule has 0 aliphatic heterocycles. The van der Waals surface area contributed by atoms with Crippen LogP contribution >= 0.6 is 11.6 Å². The van der Waals surface area contributed by atoms with E-state index in [1.54, 1.807) is 18.0 Å². The van der Waals surface area contributed by atoms with Crippen molar-refractivity contribution in [2.75, 3.05) is 13.7 Å². The number of aliphatic hydroxyl groups is 1. The maximum atomic E-state index is 10.6. The molecule has 6 heteroatoms. The largest absolute Gasteiger partial charge is 0.383 e. The first-order valence-electron chi connectivity index (χ1n) is 6.36. The van der Waals surface area contributed by atoms with Crippen LogP contribution in [0.25, 0.3) is 0 Å². The third kappa shape index (κ3) is 3.00. The van der Waals surface area contributed by atoms with Crippen LogP contribution in [0.4, 0.5) is 0 Å². The normalized spacial score (nSPS) is 12.7. The molecule has 0 amide bonds. The standard InChI is InChI=1S/C14H18ClN3O2/c1-9-6-10(2)12(16-7-9)14(19)13-11(15)8-17-18(13)4-5-20-3/h6-8,14,19H,4-5H2,1-3H3. The molecule has 0 aliphatic rings. The van der Waals surface area contributed by atoms with Gasteiger partial charge in [-0.15, -0.1) is 0 Å². The molecule has 2 heterocycles. The number of methoxy groups -OCH3 is 1. The SMILES string of the molecule is COCCn1ncc(Cl)c1C(O)c1ncc(C)cc1C. The van der Waals surface area contributed by atoms with Gasteiger partial charge < -0.3 is 9.84 Å². The van der Waals surface area contributed by atoms with Crippen molar-refractivity contribution >= 4 is 11.6 Å². The van der Waals surface area contributed by atoms with E-state index < -0.39 is 6.10 Å². The van der Waals surface area contributed by atoms with Crippen LogP contribution in [-0.4, -0.2) is 33.6 Å². The van der Waals surface area contributed by atoms with E-state index in [4.69, 9.17) is 16.3 Å². The Labute approximate surface area is 123 Å². The first-order chi connectivity index (χ1) is 9.54. The highest BCUT2D eigenvalue weighted by atomic mass is 35.5. The zero-order valence-corrected chi connectivity index (χ0v) is 12.6. The predicted octanol–water partition coefficient (Wildman–Crippen LogP) is 2.28. The molecule has 2 aromatic rings. The Hall–Kier alpha value is -1.43. The van der Waals surface area contributed by atoms with Gasteiger partial charge in [-0.2, -0.15) is 5.10 Å². The van der Waals surface area contributed by atoms with E-state index in [1.807, 2.05) is 19.9 Å². The minimum atomic E-state index is -0.901. The second-order valence-corrected chi connectivity index (χ2v) is 5.12. The lowest BCUT2D eigenvalue weighted by molar-refractivity contribution is 0.170. The second kappa shape index (κ2) is 6.35. The van der Waals surface area contributed by atoms with Crippen LogP contribution in [0.1, 0.15) is 28.6 Å². The number of pyridine rings is 1. The van der Waals surface area contributed by atoms with E-state index in [-0.39, 0.29) is 0 Å². The molecule has 108 valence electrons. The molecule has 0 spiro atoms. The quantitative estimate of drug-likeness (QED) is 0.919. The van der Waals surface area contributed by atoms with Gasteiger partial charge >= 0.3 is 0 Å². The van der Waals surface area contributed by atoms with Gasteiger partial charge in [-0.3, -0.25) is 9.67 Å². The number of aromatic nitrogens is 3. The van der Waals surface area contributed by atoms with Crippen molar-refractivity contribution in [3.05, 3.63) is 46.0 Å². The molecule has 0 bridgehead atoms. The van der Waals surface area contributed by atoms with Crippen LogP contribution in [0, 0.1) is 13.8 Å². The molecule has 1 atom stereocenters. The van der Waals surface area contributed by atoms with Gasteiger partial charge in [0.2, 0.25) is 0 Å². The van der Waals surface area contributed by atoms with Crippen LogP contribution in [0.5, 0.6) is 0 Å². The van der Waals surface area contributed by atoms with Gasteiger partial charge in [-0.25, -0.2) is 0 Å². The Morgan fingerprint density at radius 2 is 2.15 bits per heavy atom. The summed E-state index contributed by atoms with van der Waals surface area (Å²) in [5, 5.41) is 15.2. The summed E-state index contributed by atoms with van der Waals surface area (Å²) in [5.74, 6) is 0. The van der Waals surface area contributed by atoms with Crippen LogP contribution in [0.15, 0.2) is 18.5 Å². The lowest BCUT2D eigenvalue weighted by Crippen LogP contribution is -2.15. The number of hydrogen-bond donors (Lipinski definition) is 1. The smallest absolute Gasteiger partial charge is 0.139 e. The minimum absolute atomic E-state index is 0.426. The summed E-state index contributed by atoms with van der Waals surface area (Å²) in [6.45, 7) is 4.91. The number of halogens is 1.